The molecule has 1 rings (SSSR count). The second kappa shape index (κ2) is 6.17. The van der Waals surface area contributed by atoms with Crippen molar-refractivity contribution in [3.05, 3.63) is 11.7 Å². The molecular weight excluding hydrogens is 178 g/mol. The minimum atomic E-state index is 0.618. The fourth-order valence-electron chi connectivity index (χ4n) is 1.08. The number of hydrogen-bond acceptors (Lipinski definition) is 4. The summed E-state index contributed by atoms with van der Waals surface area (Å²) in [6.07, 6.45) is 7.77. The topological polar surface area (TPSA) is 51.0 Å². The Morgan fingerprint density at radius 3 is 3.00 bits per heavy atom. The van der Waals surface area contributed by atoms with Gasteiger partial charge < -0.3 is 9.84 Å². The predicted molar refractivity (Wildman–Crippen MR) is 53.7 cm³/mol. The number of hydrogen-bond donors (Lipinski definition) is 1. The van der Waals surface area contributed by atoms with Crippen LogP contribution in [-0.2, 0) is 6.42 Å². The number of unbranched alkanes of at least 4 members (excludes halogenated alkanes) is 1. The molecule has 14 heavy (non-hydrogen) atoms. The van der Waals surface area contributed by atoms with Gasteiger partial charge in [-0.1, -0.05) is 5.16 Å². The smallest absolute Gasteiger partial charge is 0.223 e. The van der Waals surface area contributed by atoms with E-state index in [-0.39, 0.29) is 0 Å². The second-order valence-corrected chi connectivity index (χ2v) is 3.04. The molecule has 0 aromatic carbocycles. The highest BCUT2D eigenvalue weighted by Crippen LogP contribution is 1.94. The number of aryl methyl sites for hydroxylation is 1. The highest BCUT2D eigenvalue weighted by atomic mass is 16.5. The lowest BCUT2D eigenvalue weighted by molar-refractivity contribution is 0.387. The van der Waals surface area contributed by atoms with Gasteiger partial charge in [0.05, 0.1) is 0 Å². The summed E-state index contributed by atoms with van der Waals surface area (Å²) in [4.78, 5) is 4.09. The molecule has 1 N–H and O–H groups in total. The number of nitrogens with zero attached hydrogens (tertiary/aromatic N) is 2. The summed E-state index contributed by atoms with van der Waals surface area (Å²) in [7, 11) is 0. The van der Waals surface area contributed by atoms with E-state index in [2.05, 4.69) is 21.4 Å². The monoisotopic (exact) mass is 193 g/mol. The summed E-state index contributed by atoms with van der Waals surface area (Å²) < 4.78 is 4.84. The average Bonchev–Trinajstić information content (AvgIpc) is 2.58. The summed E-state index contributed by atoms with van der Waals surface area (Å²) in [5, 5.41) is 7.05. The van der Waals surface area contributed by atoms with E-state index in [1.54, 1.807) is 6.92 Å². The Morgan fingerprint density at radius 1 is 1.50 bits per heavy atom. The van der Waals surface area contributed by atoms with E-state index >= 15 is 0 Å². The zero-order valence-corrected chi connectivity index (χ0v) is 8.42. The van der Waals surface area contributed by atoms with Gasteiger partial charge in [0.25, 0.3) is 0 Å². The molecule has 4 nitrogen and oxygen atoms in total. The van der Waals surface area contributed by atoms with E-state index in [4.69, 9.17) is 10.9 Å². The summed E-state index contributed by atoms with van der Waals surface area (Å²) in [5.74, 6) is 3.97. The van der Waals surface area contributed by atoms with Crippen molar-refractivity contribution in [2.24, 2.45) is 0 Å². The fraction of sp³-hybridized carbons (Fsp3) is 0.600. The van der Waals surface area contributed by atoms with Crippen LogP contribution < -0.4 is 5.32 Å². The first-order chi connectivity index (χ1) is 6.83. The maximum absolute atomic E-state index is 5.13. The normalized spacial score (nSPS) is 10.0. The maximum atomic E-state index is 5.13. The molecular formula is C10H15N3O. The van der Waals surface area contributed by atoms with Gasteiger partial charge in [-0.15, -0.1) is 12.3 Å². The van der Waals surface area contributed by atoms with E-state index in [1.165, 1.54) is 0 Å². The lowest BCUT2D eigenvalue weighted by Crippen LogP contribution is -2.18. The molecule has 1 aromatic heterocycles. The Labute approximate surface area is 84.1 Å². The largest absolute Gasteiger partial charge is 0.340 e. The Hall–Kier alpha value is -1.34. The first-order valence-electron chi connectivity index (χ1n) is 4.76. The van der Waals surface area contributed by atoms with E-state index in [0.717, 1.165) is 38.2 Å². The molecule has 0 aliphatic rings. The Balaban J connectivity index is 2.02. The molecule has 0 fully saturated rings. The van der Waals surface area contributed by atoms with Crippen LogP contribution in [0.4, 0.5) is 0 Å². The SMILES string of the molecule is C#CCCCNCCc1noc(C)n1. The van der Waals surface area contributed by atoms with Crippen molar-refractivity contribution in [3.63, 3.8) is 0 Å². The van der Waals surface area contributed by atoms with E-state index < -0.39 is 0 Å². The van der Waals surface area contributed by atoms with E-state index in [9.17, 15) is 0 Å². The lowest BCUT2D eigenvalue weighted by Gasteiger charge is -1.99. The molecule has 1 heterocycles. The van der Waals surface area contributed by atoms with Gasteiger partial charge in [-0.2, -0.15) is 4.98 Å². The highest BCUT2D eigenvalue weighted by molar-refractivity contribution is 4.85. The third-order valence-corrected chi connectivity index (χ3v) is 1.77. The standard InChI is InChI=1S/C10H15N3O/c1-3-4-5-7-11-8-6-10-12-9(2)14-13-10/h1,11H,4-8H2,2H3. The van der Waals surface area contributed by atoms with Gasteiger partial charge in [-0.05, 0) is 13.0 Å². The van der Waals surface area contributed by atoms with Crippen molar-refractivity contribution in [2.45, 2.75) is 26.2 Å². The molecule has 4 heteroatoms. The Bertz CT molecular complexity index is 301. The fourth-order valence-corrected chi connectivity index (χ4v) is 1.08. The molecule has 0 unspecified atom stereocenters. The average molecular weight is 193 g/mol. The van der Waals surface area contributed by atoms with Crippen molar-refractivity contribution in [1.82, 2.24) is 15.5 Å². The first-order valence-corrected chi connectivity index (χ1v) is 4.76. The van der Waals surface area contributed by atoms with Gasteiger partial charge in [0.2, 0.25) is 5.89 Å². The van der Waals surface area contributed by atoms with Crippen LogP contribution in [-0.4, -0.2) is 23.2 Å². The molecule has 0 spiro atoms. The molecule has 0 radical (unpaired) electrons. The molecule has 0 bridgehead atoms. The van der Waals surface area contributed by atoms with Crippen LogP contribution in [0.1, 0.15) is 24.6 Å². The minimum absolute atomic E-state index is 0.618. The van der Waals surface area contributed by atoms with Gasteiger partial charge in [0, 0.05) is 26.3 Å². The van der Waals surface area contributed by atoms with Gasteiger partial charge in [-0.25, -0.2) is 0 Å². The van der Waals surface area contributed by atoms with Crippen molar-refractivity contribution >= 4 is 0 Å². The van der Waals surface area contributed by atoms with Gasteiger partial charge in [-0.3, -0.25) is 0 Å². The summed E-state index contributed by atoms with van der Waals surface area (Å²) >= 11 is 0. The lowest BCUT2D eigenvalue weighted by atomic mass is 10.3. The van der Waals surface area contributed by atoms with Gasteiger partial charge in [0.15, 0.2) is 5.82 Å². The van der Waals surface area contributed by atoms with Gasteiger partial charge >= 0.3 is 0 Å². The zero-order chi connectivity index (χ0) is 10.2. The van der Waals surface area contributed by atoms with Crippen LogP contribution >= 0.6 is 0 Å². The predicted octanol–water partition coefficient (Wildman–Crippen LogP) is 0.924. The molecule has 0 aliphatic carbocycles. The number of aromatic nitrogens is 2. The third-order valence-electron chi connectivity index (χ3n) is 1.77. The molecule has 0 aliphatic heterocycles. The maximum Gasteiger partial charge on any atom is 0.223 e. The summed E-state index contributed by atoms with van der Waals surface area (Å²) in [6.45, 7) is 3.60. The van der Waals surface area contributed by atoms with Crippen LogP contribution in [0.15, 0.2) is 4.52 Å². The van der Waals surface area contributed by atoms with Crippen molar-refractivity contribution in [1.29, 1.82) is 0 Å². The van der Waals surface area contributed by atoms with Crippen LogP contribution in [0.2, 0.25) is 0 Å². The Morgan fingerprint density at radius 2 is 2.36 bits per heavy atom. The quantitative estimate of drug-likeness (QED) is 0.539. The van der Waals surface area contributed by atoms with Crippen molar-refractivity contribution in [3.8, 4) is 12.3 Å². The van der Waals surface area contributed by atoms with Crippen molar-refractivity contribution < 1.29 is 4.52 Å². The molecule has 76 valence electrons. The first kappa shape index (κ1) is 10.7. The minimum Gasteiger partial charge on any atom is -0.340 e. The molecule has 0 saturated carbocycles. The molecule has 0 saturated heterocycles. The van der Waals surface area contributed by atoms with E-state index in [0.29, 0.717) is 5.89 Å². The van der Waals surface area contributed by atoms with E-state index in [1.807, 2.05) is 0 Å². The molecule has 0 amide bonds. The second-order valence-electron chi connectivity index (χ2n) is 3.04. The van der Waals surface area contributed by atoms with Crippen LogP contribution in [0.3, 0.4) is 0 Å². The Kier molecular flexibility index (Phi) is 4.73. The van der Waals surface area contributed by atoms with Crippen LogP contribution in [0.5, 0.6) is 0 Å². The van der Waals surface area contributed by atoms with Crippen LogP contribution in [0.25, 0.3) is 0 Å². The highest BCUT2D eigenvalue weighted by Gasteiger charge is 2.00. The summed E-state index contributed by atoms with van der Waals surface area (Å²) in [6, 6.07) is 0. The van der Waals surface area contributed by atoms with Gasteiger partial charge in [0.1, 0.15) is 0 Å². The van der Waals surface area contributed by atoms with Crippen LogP contribution in [0, 0.1) is 19.3 Å². The number of rotatable bonds is 6. The molecule has 1 aromatic rings. The van der Waals surface area contributed by atoms with Crippen molar-refractivity contribution in [2.75, 3.05) is 13.1 Å². The molecule has 0 atom stereocenters. The number of terminal acetylenes is 1. The number of nitrogens with one attached hydrogen (secondary N) is 1. The zero-order valence-electron chi connectivity index (χ0n) is 8.42. The summed E-state index contributed by atoms with van der Waals surface area (Å²) in [5.41, 5.74) is 0. The third kappa shape index (κ3) is 4.06.